The number of nitrogens with zero attached hydrogens (tertiary/aromatic N) is 1. The summed E-state index contributed by atoms with van der Waals surface area (Å²) in [7, 11) is 0. The fourth-order valence-electron chi connectivity index (χ4n) is 2.01. The van der Waals surface area contributed by atoms with E-state index in [-0.39, 0.29) is 16.7 Å². The molecule has 1 heterocycles. The zero-order valence-corrected chi connectivity index (χ0v) is 12.0. The average Bonchev–Trinajstić information content (AvgIpc) is 2.88. The Kier molecular flexibility index (Phi) is 3.98. The van der Waals surface area contributed by atoms with E-state index in [9.17, 15) is 13.2 Å². The number of hydrogen-bond acceptors (Lipinski definition) is 4. The van der Waals surface area contributed by atoms with Crippen LogP contribution >= 0.6 is 11.8 Å². The molecular weight excluding hydrogens is 313 g/mol. The Bertz CT molecular complexity index is 768. The van der Waals surface area contributed by atoms with E-state index in [1.54, 1.807) is 12.1 Å². The molecule has 0 radical (unpaired) electrons. The summed E-state index contributed by atoms with van der Waals surface area (Å²) < 4.78 is 41.9. The Hall–Kier alpha value is -2.15. The van der Waals surface area contributed by atoms with Crippen LogP contribution in [0.5, 0.6) is 0 Å². The van der Waals surface area contributed by atoms with Gasteiger partial charge < -0.3 is 9.84 Å². The van der Waals surface area contributed by atoms with E-state index < -0.39 is 5.51 Å². The molecule has 22 heavy (non-hydrogen) atoms. The number of nitrogens with one attached hydrogen (secondary N) is 1. The predicted molar refractivity (Wildman–Crippen MR) is 79.7 cm³/mol. The summed E-state index contributed by atoms with van der Waals surface area (Å²) in [5, 5.41) is 7.92. The maximum atomic E-state index is 12.3. The molecule has 0 spiro atoms. The van der Waals surface area contributed by atoms with Gasteiger partial charge in [-0.3, -0.25) is 0 Å². The van der Waals surface area contributed by atoms with Crippen molar-refractivity contribution >= 4 is 28.5 Å². The Balaban J connectivity index is 1.66. The third-order valence-electron chi connectivity index (χ3n) is 2.99. The quantitative estimate of drug-likeness (QED) is 0.681. The van der Waals surface area contributed by atoms with Crippen LogP contribution in [0.15, 0.2) is 57.9 Å². The van der Waals surface area contributed by atoms with Gasteiger partial charge in [0, 0.05) is 11.4 Å². The van der Waals surface area contributed by atoms with Crippen molar-refractivity contribution in [1.82, 2.24) is 5.16 Å². The first-order valence-electron chi connectivity index (χ1n) is 6.44. The number of anilines is 1. The van der Waals surface area contributed by atoms with E-state index in [0.717, 1.165) is 10.9 Å². The van der Waals surface area contributed by atoms with Gasteiger partial charge in [0.1, 0.15) is 0 Å². The van der Waals surface area contributed by atoms with Crippen molar-refractivity contribution in [2.45, 2.75) is 16.9 Å². The number of alkyl halides is 3. The monoisotopic (exact) mass is 324 g/mol. The van der Waals surface area contributed by atoms with Crippen LogP contribution in [-0.4, -0.2) is 10.7 Å². The normalized spacial score (nSPS) is 11.8. The standard InChI is InChI=1S/C15H11F3N2OS/c16-15(17,18)22-11-7-5-10(6-8-11)9-19-14-12-3-1-2-4-13(12)21-20-14/h1-8H,9H2,(H,19,20). The summed E-state index contributed by atoms with van der Waals surface area (Å²) in [6.07, 6.45) is 0. The van der Waals surface area contributed by atoms with Crippen LogP contribution in [0.1, 0.15) is 5.56 Å². The SMILES string of the molecule is FC(F)(F)Sc1ccc(CNc2noc3ccccc23)cc1. The molecule has 0 fully saturated rings. The molecule has 1 aromatic heterocycles. The second kappa shape index (κ2) is 5.92. The Morgan fingerprint density at radius 3 is 2.50 bits per heavy atom. The molecule has 2 aromatic carbocycles. The highest BCUT2D eigenvalue weighted by molar-refractivity contribution is 8.00. The first kappa shape index (κ1) is 14.8. The Morgan fingerprint density at radius 1 is 1.05 bits per heavy atom. The van der Waals surface area contributed by atoms with Crippen LogP contribution in [0.4, 0.5) is 19.0 Å². The number of rotatable bonds is 4. The number of hydrogen-bond donors (Lipinski definition) is 1. The summed E-state index contributed by atoms with van der Waals surface area (Å²) in [6.45, 7) is 0.452. The van der Waals surface area contributed by atoms with Crippen LogP contribution in [0, 0.1) is 0 Å². The molecule has 1 N–H and O–H groups in total. The van der Waals surface area contributed by atoms with Crippen molar-refractivity contribution < 1.29 is 17.7 Å². The van der Waals surface area contributed by atoms with Crippen molar-refractivity contribution in [2.24, 2.45) is 0 Å². The van der Waals surface area contributed by atoms with Crippen LogP contribution in [0.2, 0.25) is 0 Å². The topological polar surface area (TPSA) is 38.1 Å². The fraction of sp³-hybridized carbons (Fsp3) is 0.133. The van der Waals surface area contributed by atoms with Gasteiger partial charge in [0.15, 0.2) is 11.4 Å². The third-order valence-corrected chi connectivity index (χ3v) is 3.73. The van der Waals surface area contributed by atoms with E-state index in [4.69, 9.17) is 4.52 Å². The smallest absolute Gasteiger partial charge is 0.363 e. The van der Waals surface area contributed by atoms with Gasteiger partial charge in [-0.15, -0.1) is 0 Å². The van der Waals surface area contributed by atoms with Crippen LogP contribution < -0.4 is 5.32 Å². The number of fused-ring (bicyclic) bond motifs is 1. The van der Waals surface area contributed by atoms with Gasteiger partial charge in [0.25, 0.3) is 0 Å². The summed E-state index contributed by atoms with van der Waals surface area (Å²) in [6, 6.07) is 13.7. The molecule has 0 amide bonds. The minimum Gasteiger partial charge on any atom is -0.363 e. The molecule has 0 atom stereocenters. The van der Waals surface area contributed by atoms with E-state index in [0.29, 0.717) is 17.9 Å². The lowest BCUT2D eigenvalue weighted by molar-refractivity contribution is -0.0328. The molecule has 0 aliphatic carbocycles. The molecule has 3 nitrogen and oxygen atoms in total. The lowest BCUT2D eigenvalue weighted by atomic mass is 10.2. The highest BCUT2D eigenvalue weighted by atomic mass is 32.2. The van der Waals surface area contributed by atoms with E-state index in [2.05, 4.69) is 10.5 Å². The van der Waals surface area contributed by atoms with Gasteiger partial charge in [-0.1, -0.05) is 29.4 Å². The minimum atomic E-state index is -4.26. The van der Waals surface area contributed by atoms with Crippen molar-refractivity contribution in [3.63, 3.8) is 0 Å². The maximum Gasteiger partial charge on any atom is 0.446 e. The average molecular weight is 324 g/mol. The van der Waals surface area contributed by atoms with Crippen LogP contribution in [0.25, 0.3) is 11.0 Å². The van der Waals surface area contributed by atoms with Crippen molar-refractivity contribution in [1.29, 1.82) is 0 Å². The molecule has 0 aliphatic heterocycles. The second-order valence-electron chi connectivity index (χ2n) is 4.57. The van der Waals surface area contributed by atoms with Crippen molar-refractivity contribution in [2.75, 3.05) is 5.32 Å². The highest BCUT2D eigenvalue weighted by Gasteiger charge is 2.28. The molecule has 0 unspecified atom stereocenters. The number of benzene rings is 2. The molecule has 7 heteroatoms. The number of thioether (sulfide) groups is 1. The highest BCUT2D eigenvalue weighted by Crippen LogP contribution is 2.36. The van der Waals surface area contributed by atoms with Gasteiger partial charge in [0.05, 0.1) is 5.39 Å². The largest absolute Gasteiger partial charge is 0.446 e. The van der Waals surface area contributed by atoms with Crippen LogP contribution in [-0.2, 0) is 6.54 Å². The summed E-state index contributed by atoms with van der Waals surface area (Å²) in [5.74, 6) is 0.615. The lowest BCUT2D eigenvalue weighted by Crippen LogP contribution is -2.01. The van der Waals surface area contributed by atoms with E-state index in [1.165, 1.54) is 12.1 Å². The summed E-state index contributed by atoms with van der Waals surface area (Å²) in [4.78, 5) is 0.170. The molecule has 114 valence electrons. The molecule has 0 aliphatic rings. The zero-order chi connectivity index (χ0) is 15.6. The van der Waals surface area contributed by atoms with Gasteiger partial charge >= 0.3 is 5.51 Å². The molecule has 3 aromatic rings. The summed E-state index contributed by atoms with van der Waals surface area (Å²) in [5.41, 5.74) is -2.72. The number of para-hydroxylation sites is 1. The van der Waals surface area contributed by atoms with Crippen molar-refractivity contribution in [3.05, 3.63) is 54.1 Å². The molecule has 3 rings (SSSR count). The molecule has 0 saturated carbocycles. The first-order valence-corrected chi connectivity index (χ1v) is 7.26. The zero-order valence-electron chi connectivity index (χ0n) is 11.2. The van der Waals surface area contributed by atoms with Crippen LogP contribution in [0.3, 0.4) is 0 Å². The van der Waals surface area contributed by atoms with E-state index >= 15 is 0 Å². The Morgan fingerprint density at radius 2 is 1.77 bits per heavy atom. The van der Waals surface area contributed by atoms with Gasteiger partial charge in [0.2, 0.25) is 0 Å². The van der Waals surface area contributed by atoms with Gasteiger partial charge in [-0.05, 0) is 41.6 Å². The summed E-state index contributed by atoms with van der Waals surface area (Å²) >= 11 is -0.121. The predicted octanol–water partition coefficient (Wildman–Crippen LogP) is 5.05. The van der Waals surface area contributed by atoms with E-state index in [1.807, 2.05) is 24.3 Å². The molecule has 0 saturated heterocycles. The molecular formula is C15H11F3N2OS. The second-order valence-corrected chi connectivity index (χ2v) is 5.71. The maximum absolute atomic E-state index is 12.3. The lowest BCUT2D eigenvalue weighted by Gasteiger charge is -2.07. The van der Waals surface area contributed by atoms with Crippen molar-refractivity contribution in [3.8, 4) is 0 Å². The third kappa shape index (κ3) is 3.54. The Labute approximate surface area is 128 Å². The minimum absolute atomic E-state index is 0.121. The number of halogens is 3. The fourth-order valence-corrected chi connectivity index (χ4v) is 2.55. The number of aromatic nitrogens is 1. The first-order chi connectivity index (χ1) is 10.5. The van der Waals surface area contributed by atoms with Gasteiger partial charge in [-0.25, -0.2) is 0 Å². The molecule has 0 bridgehead atoms. The van der Waals surface area contributed by atoms with Gasteiger partial charge in [-0.2, -0.15) is 13.2 Å².